The second kappa shape index (κ2) is 3.90. The Hall–Kier alpha value is -0.570. The molecule has 0 amide bonds. The third-order valence-corrected chi connectivity index (χ3v) is 2.48. The van der Waals surface area contributed by atoms with E-state index in [4.69, 9.17) is 9.84 Å². The van der Waals surface area contributed by atoms with Crippen LogP contribution in [-0.2, 0) is 9.53 Å². The molecule has 0 bridgehead atoms. The Balaban J connectivity index is 2.58. The summed E-state index contributed by atoms with van der Waals surface area (Å²) in [7, 11) is 0. The average Bonchev–Trinajstić information content (AvgIpc) is 2.37. The van der Waals surface area contributed by atoms with E-state index in [9.17, 15) is 4.79 Å². The molecule has 1 heterocycles. The molecule has 2 unspecified atom stereocenters. The summed E-state index contributed by atoms with van der Waals surface area (Å²) in [5.41, 5.74) is 0. The Morgan fingerprint density at radius 3 is 2.58 bits per heavy atom. The summed E-state index contributed by atoms with van der Waals surface area (Å²) >= 11 is 0. The summed E-state index contributed by atoms with van der Waals surface area (Å²) in [5.74, 6) is -0.482. The van der Waals surface area contributed by atoms with Crippen molar-refractivity contribution in [2.45, 2.75) is 20.3 Å². The highest BCUT2D eigenvalue weighted by molar-refractivity contribution is 5.70. The molecule has 0 aromatic carbocycles. The number of aliphatic carboxylic acids is 1. The van der Waals surface area contributed by atoms with E-state index in [0.29, 0.717) is 6.61 Å². The van der Waals surface area contributed by atoms with Crippen LogP contribution >= 0.6 is 0 Å². The minimum atomic E-state index is -0.680. The number of hydrogen-bond donors (Lipinski definition) is 1. The van der Waals surface area contributed by atoms with E-state index in [1.807, 2.05) is 13.8 Å². The van der Waals surface area contributed by atoms with Crippen LogP contribution in [0.3, 0.4) is 0 Å². The van der Waals surface area contributed by atoms with Gasteiger partial charge in [-0.15, -0.1) is 0 Å². The monoisotopic (exact) mass is 172 g/mol. The molecule has 0 aromatic rings. The van der Waals surface area contributed by atoms with Crippen molar-refractivity contribution in [1.29, 1.82) is 0 Å². The summed E-state index contributed by atoms with van der Waals surface area (Å²) in [6.07, 6.45) is 0.898. The van der Waals surface area contributed by atoms with E-state index in [0.717, 1.165) is 13.0 Å². The van der Waals surface area contributed by atoms with Gasteiger partial charge in [0, 0.05) is 6.61 Å². The first kappa shape index (κ1) is 9.52. The van der Waals surface area contributed by atoms with Crippen molar-refractivity contribution in [3.8, 4) is 0 Å². The molecule has 2 atom stereocenters. The fraction of sp³-hybridized carbons (Fsp3) is 0.889. The molecule has 1 saturated heterocycles. The highest BCUT2D eigenvalue weighted by atomic mass is 16.5. The Morgan fingerprint density at radius 1 is 1.58 bits per heavy atom. The van der Waals surface area contributed by atoms with E-state index >= 15 is 0 Å². The highest BCUT2D eigenvalue weighted by Crippen LogP contribution is 2.28. The molecular weight excluding hydrogens is 156 g/mol. The second-order valence-electron chi connectivity index (χ2n) is 3.73. The third-order valence-electron chi connectivity index (χ3n) is 2.48. The van der Waals surface area contributed by atoms with Crippen LogP contribution in [0.4, 0.5) is 0 Å². The molecule has 1 rings (SSSR count). The molecule has 12 heavy (non-hydrogen) atoms. The van der Waals surface area contributed by atoms with Crippen LogP contribution in [-0.4, -0.2) is 24.3 Å². The maximum atomic E-state index is 10.9. The first-order chi connectivity index (χ1) is 5.63. The first-order valence-corrected chi connectivity index (χ1v) is 4.43. The Kier molecular flexibility index (Phi) is 3.09. The third kappa shape index (κ3) is 1.97. The number of ether oxygens (including phenoxy) is 1. The molecule has 3 nitrogen and oxygen atoms in total. The molecule has 1 N–H and O–H groups in total. The minimum Gasteiger partial charge on any atom is -0.481 e. The smallest absolute Gasteiger partial charge is 0.307 e. The van der Waals surface area contributed by atoms with E-state index in [1.165, 1.54) is 0 Å². The van der Waals surface area contributed by atoms with Gasteiger partial charge in [0.1, 0.15) is 0 Å². The maximum absolute atomic E-state index is 10.9. The lowest BCUT2D eigenvalue weighted by atomic mass is 9.83. The predicted octanol–water partition coefficient (Wildman–Crippen LogP) is 1.38. The van der Waals surface area contributed by atoms with Crippen molar-refractivity contribution >= 4 is 5.97 Å². The van der Waals surface area contributed by atoms with Crippen molar-refractivity contribution < 1.29 is 14.6 Å². The predicted molar refractivity (Wildman–Crippen MR) is 44.9 cm³/mol. The van der Waals surface area contributed by atoms with Crippen molar-refractivity contribution in [2.75, 3.05) is 13.2 Å². The van der Waals surface area contributed by atoms with E-state index in [-0.39, 0.29) is 17.8 Å². The Labute approximate surface area is 72.7 Å². The van der Waals surface area contributed by atoms with Crippen LogP contribution in [0.5, 0.6) is 0 Å². The summed E-state index contributed by atoms with van der Waals surface area (Å²) < 4.78 is 5.18. The second-order valence-corrected chi connectivity index (χ2v) is 3.73. The van der Waals surface area contributed by atoms with Crippen LogP contribution in [0.1, 0.15) is 20.3 Å². The summed E-state index contributed by atoms with van der Waals surface area (Å²) in [4.78, 5) is 10.9. The molecular formula is C9H16O3. The van der Waals surface area contributed by atoms with Gasteiger partial charge in [-0.25, -0.2) is 0 Å². The topological polar surface area (TPSA) is 46.5 Å². The van der Waals surface area contributed by atoms with Crippen LogP contribution in [0, 0.1) is 17.8 Å². The number of carboxylic acids is 1. The van der Waals surface area contributed by atoms with Gasteiger partial charge in [0.2, 0.25) is 0 Å². The molecule has 1 aliphatic rings. The lowest BCUT2D eigenvalue weighted by Crippen LogP contribution is -2.28. The van der Waals surface area contributed by atoms with E-state index in [2.05, 4.69) is 0 Å². The zero-order chi connectivity index (χ0) is 9.14. The molecule has 1 aliphatic heterocycles. The molecule has 0 saturated carbocycles. The molecule has 0 aliphatic carbocycles. The molecule has 70 valence electrons. The number of carbonyl (C=O) groups is 1. The van der Waals surface area contributed by atoms with E-state index in [1.54, 1.807) is 0 Å². The van der Waals surface area contributed by atoms with Crippen molar-refractivity contribution in [3.63, 3.8) is 0 Å². The zero-order valence-corrected chi connectivity index (χ0v) is 7.62. The van der Waals surface area contributed by atoms with Crippen molar-refractivity contribution in [2.24, 2.45) is 17.8 Å². The van der Waals surface area contributed by atoms with E-state index < -0.39 is 5.97 Å². The summed E-state index contributed by atoms with van der Waals surface area (Å²) in [6.45, 7) is 5.25. The lowest BCUT2D eigenvalue weighted by molar-refractivity contribution is -0.145. The van der Waals surface area contributed by atoms with Gasteiger partial charge in [-0.1, -0.05) is 13.8 Å². The number of carboxylic acid groups (broad SMARTS) is 1. The van der Waals surface area contributed by atoms with Gasteiger partial charge in [0.15, 0.2) is 0 Å². The highest BCUT2D eigenvalue weighted by Gasteiger charge is 2.33. The van der Waals surface area contributed by atoms with Crippen LogP contribution in [0.25, 0.3) is 0 Å². The van der Waals surface area contributed by atoms with Gasteiger partial charge >= 0.3 is 5.97 Å². The van der Waals surface area contributed by atoms with Gasteiger partial charge in [-0.2, -0.15) is 0 Å². The largest absolute Gasteiger partial charge is 0.481 e. The lowest BCUT2D eigenvalue weighted by Gasteiger charge is -2.21. The van der Waals surface area contributed by atoms with Gasteiger partial charge in [0.05, 0.1) is 12.5 Å². The van der Waals surface area contributed by atoms with Crippen molar-refractivity contribution in [3.05, 3.63) is 0 Å². The zero-order valence-electron chi connectivity index (χ0n) is 7.62. The minimum absolute atomic E-state index is 0.203. The quantitative estimate of drug-likeness (QED) is 0.699. The molecule has 1 fully saturated rings. The van der Waals surface area contributed by atoms with Gasteiger partial charge in [-0.05, 0) is 18.3 Å². The average molecular weight is 172 g/mol. The summed E-state index contributed by atoms with van der Waals surface area (Å²) in [6, 6.07) is 0. The molecule has 0 radical (unpaired) electrons. The fourth-order valence-corrected chi connectivity index (χ4v) is 1.87. The standard InChI is InChI=1S/C9H16O3/c1-6(2)8(9(10)11)7-3-4-12-5-7/h6-8H,3-5H2,1-2H3,(H,10,11). The SMILES string of the molecule is CC(C)C(C(=O)O)C1CCOC1. The van der Waals surface area contributed by atoms with Crippen LogP contribution in [0.2, 0.25) is 0 Å². The first-order valence-electron chi connectivity index (χ1n) is 4.43. The summed E-state index contributed by atoms with van der Waals surface area (Å²) in [5, 5.41) is 8.95. The van der Waals surface area contributed by atoms with Crippen LogP contribution < -0.4 is 0 Å². The molecule has 0 aromatic heterocycles. The fourth-order valence-electron chi connectivity index (χ4n) is 1.87. The maximum Gasteiger partial charge on any atom is 0.307 e. The molecule has 0 spiro atoms. The number of rotatable bonds is 3. The van der Waals surface area contributed by atoms with Gasteiger partial charge < -0.3 is 9.84 Å². The van der Waals surface area contributed by atoms with Gasteiger partial charge in [-0.3, -0.25) is 4.79 Å². The van der Waals surface area contributed by atoms with Crippen molar-refractivity contribution in [1.82, 2.24) is 0 Å². The van der Waals surface area contributed by atoms with Gasteiger partial charge in [0.25, 0.3) is 0 Å². The normalized spacial score (nSPS) is 26.1. The Morgan fingerprint density at radius 2 is 2.25 bits per heavy atom. The molecule has 3 heteroatoms. The van der Waals surface area contributed by atoms with Crippen LogP contribution in [0.15, 0.2) is 0 Å². The number of hydrogen-bond acceptors (Lipinski definition) is 2. The Bertz CT molecular complexity index is 159.